The summed E-state index contributed by atoms with van der Waals surface area (Å²) < 4.78 is 32.3. The van der Waals surface area contributed by atoms with Crippen LogP contribution in [0.3, 0.4) is 0 Å². The Morgan fingerprint density at radius 1 is 1.15 bits per heavy atom. The number of anilines is 1. The van der Waals surface area contributed by atoms with Gasteiger partial charge in [0.1, 0.15) is 10.6 Å². The van der Waals surface area contributed by atoms with E-state index in [9.17, 15) is 13.2 Å². The van der Waals surface area contributed by atoms with Crippen LogP contribution in [0.2, 0.25) is 5.02 Å². The number of halogens is 1. The number of aryl methyl sites for hydroxylation is 1. The second-order valence-corrected chi connectivity index (χ2v) is 8.21. The fraction of sp³-hybridized carbons (Fsp3) is 0.316. The number of sulfonamides is 1. The molecule has 0 aliphatic heterocycles. The summed E-state index contributed by atoms with van der Waals surface area (Å²) in [6.45, 7) is 5.98. The molecule has 0 bridgehead atoms. The van der Waals surface area contributed by atoms with Gasteiger partial charge in [-0.2, -0.15) is 4.31 Å². The molecule has 0 spiro atoms. The van der Waals surface area contributed by atoms with Crippen LogP contribution in [0.4, 0.5) is 5.69 Å². The maximum atomic E-state index is 12.9. The number of ether oxygens (including phenoxy) is 1. The molecule has 27 heavy (non-hydrogen) atoms. The molecule has 0 aliphatic rings. The fourth-order valence-corrected chi connectivity index (χ4v) is 4.55. The number of nitrogens with zero attached hydrogens (tertiary/aromatic N) is 1. The van der Waals surface area contributed by atoms with Crippen molar-refractivity contribution in [2.24, 2.45) is 0 Å². The lowest BCUT2D eigenvalue weighted by Gasteiger charge is -2.20. The second kappa shape index (κ2) is 8.73. The molecular formula is C19H23ClN2O4S. The van der Waals surface area contributed by atoms with Gasteiger partial charge in [-0.1, -0.05) is 25.4 Å². The molecule has 0 atom stereocenters. The van der Waals surface area contributed by atoms with Crippen molar-refractivity contribution in [3.63, 3.8) is 0 Å². The summed E-state index contributed by atoms with van der Waals surface area (Å²) in [5, 5.41) is 3.35. The first-order chi connectivity index (χ1) is 12.7. The first-order valence-electron chi connectivity index (χ1n) is 8.50. The number of amides is 1. The summed E-state index contributed by atoms with van der Waals surface area (Å²) in [4.78, 5) is 12.6. The highest BCUT2D eigenvalue weighted by Crippen LogP contribution is 2.28. The monoisotopic (exact) mass is 410 g/mol. The van der Waals surface area contributed by atoms with Crippen LogP contribution in [-0.2, 0) is 10.0 Å². The van der Waals surface area contributed by atoms with Crippen LogP contribution >= 0.6 is 11.6 Å². The van der Waals surface area contributed by atoms with Crippen molar-refractivity contribution >= 4 is 33.2 Å². The lowest BCUT2D eigenvalue weighted by atomic mass is 10.1. The van der Waals surface area contributed by atoms with E-state index in [4.69, 9.17) is 16.3 Å². The highest BCUT2D eigenvalue weighted by Gasteiger charge is 2.26. The van der Waals surface area contributed by atoms with Crippen LogP contribution < -0.4 is 10.1 Å². The Morgan fingerprint density at radius 3 is 2.37 bits per heavy atom. The Kier molecular flexibility index (Phi) is 6.86. The first kappa shape index (κ1) is 21.2. The largest absolute Gasteiger partial charge is 0.495 e. The lowest BCUT2D eigenvalue weighted by Crippen LogP contribution is -2.31. The zero-order valence-electron chi connectivity index (χ0n) is 15.7. The standard InChI is InChI=1S/C19H23ClN2O4S/c1-5-22(6-2)27(24,25)18-12-14(7-10-17(18)26-4)19(23)21-16-9-8-15(20)11-13(16)3/h7-12H,5-6H2,1-4H3,(H,21,23). The molecule has 8 heteroatoms. The van der Waals surface area contributed by atoms with Gasteiger partial charge in [0.15, 0.2) is 0 Å². The van der Waals surface area contributed by atoms with E-state index in [0.29, 0.717) is 23.8 Å². The predicted molar refractivity (Wildman–Crippen MR) is 107 cm³/mol. The Morgan fingerprint density at radius 2 is 1.81 bits per heavy atom. The van der Waals surface area contributed by atoms with Crippen LogP contribution in [0, 0.1) is 6.92 Å². The van der Waals surface area contributed by atoms with Crippen LogP contribution in [0.25, 0.3) is 0 Å². The van der Waals surface area contributed by atoms with Gasteiger partial charge in [-0.15, -0.1) is 0 Å². The molecule has 0 saturated carbocycles. The summed E-state index contributed by atoms with van der Waals surface area (Å²) >= 11 is 5.93. The Bertz CT molecular complexity index is 941. The number of hydrogen-bond acceptors (Lipinski definition) is 4. The zero-order chi connectivity index (χ0) is 20.2. The summed E-state index contributed by atoms with van der Waals surface area (Å²) in [5.41, 5.74) is 1.63. The van der Waals surface area contributed by atoms with Crippen molar-refractivity contribution in [1.82, 2.24) is 4.31 Å². The Hall–Kier alpha value is -2.09. The minimum absolute atomic E-state index is 0.0332. The third kappa shape index (κ3) is 4.61. The van der Waals surface area contributed by atoms with Crippen molar-refractivity contribution in [1.29, 1.82) is 0 Å². The molecule has 0 aromatic heterocycles. The van der Waals surface area contributed by atoms with Gasteiger partial charge >= 0.3 is 0 Å². The van der Waals surface area contributed by atoms with Crippen LogP contribution in [0.15, 0.2) is 41.3 Å². The maximum Gasteiger partial charge on any atom is 0.255 e. The molecule has 2 aromatic rings. The van der Waals surface area contributed by atoms with E-state index in [2.05, 4.69) is 5.32 Å². The normalized spacial score (nSPS) is 11.5. The molecule has 2 rings (SSSR count). The van der Waals surface area contributed by atoms with Gasteiger partial charge in [-0.05, 0) is 48.9 Å². The number of nitrogens with one attached hydrogen (secondary N) is 1. The smallest absolute Gasteiger partial charge is 0.255 e. The van der Waals surface area contributed by atoms with Crippen molar-refractivity contribution < 1.29 is 17.9 Å². The third-order valence-electron chi connectivity index (χ3n) is 4.19. The average molecular weight is 411 g/mol. The van der Waals surface area contributed by atoms with E-state index in [-0.39, 0.29) is 16.2 Å². The highest BCUT2D eigenvalue weighted by atomic mass is 35.5. The van der Waals surface area contributed by atoms with E-state index in [1.54, 1.807) is 32.0 Å². The molecule has 0 heterocycles. The van der Waals surface area contributed by atoms with E-state index < -0.39 is 15.9 Å². The SMILES string of the molecule is CCN(CC)S(=O)(=O)c1cc(C(=O)Nc2ccc(Cl)cc2C)ccc1OC. The Balaban J connectivity index is 2.43. The molecule has 0 aliphatic carbocycles. The van der Waals surface area contributed by atoms with E-state index >= 15 is 0 Å². The Labute approximate surface area is 165 Å². The molecule has 1 N–H and O–H groups in total. The number of carbonyl (C=O) groups excluding carboxylic acids is 1. The summed E-state index contributed by atoms with van der Waals surface area (Å²) in [6, 6.07) is 9.47. The minimum atomic E-state index is -3.78. The lowest BCUT2D eigenvalue weighted by molar-refractivity contribution is 0.102. The molecule has 0 fully saturated rings. The van der Waals surface area contributed by atoms with Crippen molar-refractivity contribution in [3.8, 4) is 5.75 Å². The summed E-state index contributed by atoms with van der Waals surface area (Å²) in [6.07, 6.45) is 0. The fourth-order valence-electron chi connectivity index (χ4n) is 2.68. The molecule has 146 valence electrons. The predicted octanol–water partition coefficient (Wildman–Crippen LogP) is 3.94. The number of carbonyl (C=O) groups is 1. The number of rotatable bonds is 7. The maximum absolute atomic E-state index is 12.9. The average Bonchev–Trinajstić information content (AvgIpc) is 2.64. The van der Waals surface area contributed by atoms with Gasteiger partial charge in [0.25, 0.3) is 5.91 Å². The topological polar surface area (TPSA) is 75.7 Å². The second-order valence-electron chi connectivity index (χ2n) is 5.87. The van der Waals surface area contributed by atoms with Crippen LogP contribution in [-0.4, -0.2) is 38.8 Å². The van der Waals surface area contributed by atoms with Gasteiger partial charge < -0.3 is 10.1 Å². The van der Waals surface area contributed by atoms with Crippen molar-refractivity contribution in [2.45, 2.75) is 25.7 Å². The zero-order valence-corrected chi connectivity index (χ0v) is 17.3. The van der Waals surface area contributed by atoms with Gasteiger partial charge in [0, 0.05) is 29.4 Å². The number of methoxy groups -OCH3 is 1. The van der Waals surface area contributed by atoms with E-state index in [1.165, 1.54) is 29.6 Å². The molecule has 0 unspecified atom stereocenters. The van der Waals surface area contributed by atoms with Gasteiger partial charge in [-0.3, -0.25) is 4.79 Å². The minimum Gasteiger partial charge on any atom is -0.495 e. The van der Waals surface area contributed by atoms with Gasteiger partial charge in [0.05, 0.1) is 7.11 Å². The van der Waals surface area contributed by atoms with E-state index in [1.807, 2.05) is 6.92 Å². The van der Waals surface area contributed by atoms with Gasteiger partial charge in [0.2, 0.25) is 10.0 Å². The number of benzene rings is 2. The highest BCUT2D eigenvalue weighted by molar-refractivity contribution is 7.89. The quantitative estimate of drug-likeness (QED) is 0.750. The van der Waals surface area contributed by atoms with E-state index in [0.717, 1.165) is 5.56 Å². The number of hydrogen-bond donors (Lipinski definition) is 1. The molecule has 0 saturated heterocycles. The first-order valence-corrected chi connectivity index (χ1v) is 10.3. The third-order valence-corrected chi connectivity index (χ3v) is 6.49. The molecule has 1 amide bonds. The van der Waals surface area contributed by atoms with Crippen LogP contribution in [0.1, 0.15) is 29.8 Å². The molecule has 2 aromatic carbocycles. The molecular weight excluding hydrogens is 388 g/mol. The van der Waals surface area contributed by atoms with Crippen LogP contribution in [0.5, 0.6) is 5.75 Å². The van der Waals surface area contributed by atoms with Crippen molar-refractivity contribution in [2.75, 3.05) is 25.5 Å². The molecule has 0 radical (unpaired) electrons. The summed E-state index contributed by atoms with van der Waals surface area (Å²) in [5.74, 6) is -0.222. The van der Waals surface area contributed by atoms with Crippen molar-refractivity contribution in [3.05, 3.63) is 52.5 Å². The molecule has 6 nitrogen and oxygen atoms in total. The summed E-state index contributed by atoms with van der Waals surface area (Å²) in [7, 11) is -2.38. The van der Waals surface area contributed by atoms with Gasteiger partial charge in [-0.25, -0.2) is 8.42 Å².